The van der Waals surface area contributed by atoms with Crippen LogP contribution in [-0.4, -0.2) is 10.9 Å². The van der Waals surface area contributed by atoms with Crippen LogP contribution >= 0.6 is 0 Å². The van der Waals surface area contributed by atoms with Crippen molar-refractivity contribution in [3.05, 3.63) is 60.4 Å². The van der Waals surface area contributed by atoms with E-state index in [-0.39, 0.29) is 11.8 Å². The van der Waals surface area contributed by atoms with E-state index in [0.29, 0.717) is 6.54 Å². The van der Waals surface area contributed by atoms with Gasteiger partial charge in [0, 0.05) is 24.0 Å². The molecule has 0 fully saturated rings. The van der Waals surface area contributed by atoms with Crippen molar-refractivity contribution in [1.82, 2.24) is 4.98 Å². The number of aromatic nitrogens is 1. The molecule has 0 saturated heterocycles. The van der Waals surface area contributed by atoms with Crippen LogP contribution in [0.15, 0.2) is 54.9 Å². The third kappa shape index (κ3) is 3.41. The molecule has 0 aliphatic carbocycles. The first-order valence-corrected chi connectivity index (χ1v) is 6.44. The molecule has 0 unspecified atom stereocenters. The van der Waals surface area contributed by atoms with Crippen LogP contribution in [0.1, 0.15) is 19.4 Å². The van der Waals surface area contributed by atoms with Crippen molar-refractivity contribution in [3.8, 4) is 0 Å². The van der Waals surface area contributed by atoms with Crippen molar-refractivity contribution in [1.29, 1.82) is 0 Å². The van der Waals surface area contributed by atoms with Crippen LogP contribution in [0, 0.1) is 5.92 Å². The molecule has 3 nitrogen and oxygen atoms in total. The molecule has 0 aliphatic heterocycles. The number of carbonyl (C=O) groups excluding carboxylic acids is 1. The third-order valence-corrected chi connectivity index (χ3v) is 2.92. The van der Waals surface area contributed by atoms with Gasteiger partial charge >= 0.3 is 0 Å². The van der Waals surface area contributed by atoms with E-state index in [9.17, 15) is 4.79 Å². The number of pyridine rings is 1. The zero-order valence-electron chi connectivity index (χ0n) is 11.3. The van der Waals surface area contributed by atoms with Crippen LogP contribution in [0.25, 0.3) is 0 Å². The molecule has 2 rings (SSSR count). The summed E-state index contributed by atoms with van der Waals surface area (Å²) in [6, 6.07) is 13.7. The van der Waals surface area contributed by atoms with Gasteiger partial charge in [-0.2, -0.15) is 0 Å². The lowest BCUT2D eigenvalue weighted by Crippen LogP contribution is -2.33. The Kier molecular flexibility index (Phi) is 4.29. The number of amides is 1. The average Bonchev–Trinajstić information content (AvgIpc) is 2.46. The van der Waals surface area contributed by atoms with Crippen molar-refractivity contribution in [3.63, 3.8) is 0 Å². The van der Waals surface area contributed by atoms with Gasteiger partial charge in [-0.3, -0.25) is 9.78 Å². The zero-order chi connectivity index (χ0) is 13.7. The van der Waals surface area contributed by atoms with Crippen LogP contribution in [0.2, 0.25) is 0 Å². The first kappa shape index (κ1) is 13.3. The maximum absolute atomic E-state index is 12.4. The van der Waals surface area contributed by atoms with E-state index in [1.165, 1.54) is 0 Å². The lowest BCUT2D eigenvalue weighted by molar-refractivity contribution is -0.121. The van der Waals surface area contributed by atoms with E-state index in [1.807, 2.05) is 61.2 Å². The topological polar surface area (TPSA) is 33.2 Å². The number of benzene rings is 1. The van der Waals surface area contributed by atoms with Crippen molar-refractivity contribution in [2.75, 3.05) is 4.90 Å². The molecule has 1 aromatic heterocycles. The molecule has 98 valence electrons. The number of hydrogen-bond donors (Lipinski definition) is 0. The molecule has 0 atom stereocenters. The van der Waals surface area contributed by atoms with Gasteiger partial charge in [0.2, 0.25) is 5.91 Å². The second-order valence-corrected chi connectivity index (χ2v) is 4.77. The van der Waals surface area contributed by atoms with E-state index in [0.717, 1.165) is 11.3 Å². The van der Waals surface area contributed by atoms with E-state index >= 15 is 0 Å². The quantitative estimate of drug-likeness (QED) is 0.839. The Labute approximate surface area is 113 Å². The molecule has 1 amide bonds. The molecular weight excluding hydrogens is 236 g/mol. The lowest BCUT2D eigenvalue weighted by Gasteiger charge is -2.24. The Bertz CT molecular complexity index is 523. The summed E-state index contributed by atoms with van der Waals surface area (Å²) in [5.74, 6) is 0.0898. The summed E-state index contributed by atoms with van der Waals surface area (Å²) in [5.41, 5.74) is 2.01. The van der Waals surface area contributed by atoms with E-state index in [1.54, 1.807) is 12.4 Å². The summed E-state index contributed by atoms with van der Waals surface area (Å²) in [7, 11) is 0. The molecule has 0 N–H and O–H groups in total. The van der Waals surface area contributed by atoms with Gasteiger partial charge in [-0.1, -0.05) is 44.2 Å². The number of nitrogens with zero attached hydrogens (tertiary/aromatic N) is 2. The molecule has 2 aromatic rings. The number of carbonyl (C=O) groups is 1. The van der Waals surface area contributed by atoms with Gasteiger partial charge in [-0.05, 0) is 17.7 Å². The maximum atomic E-state index is 12.4. The van der Waals surface area contributed by atoms with Gasteiger partial charge in [0.15, 0.2) is 0 Å². The third-order valence-electron chi connectivity index (χ3n) is 2.92. The molecule has 0 spiro atoms. The van der Waals surface area contributed by atoms with Crippen molar-refractivity contribution < 1.29 is 4.79 Å². The lowest BCUT2D eigenvalue weighted by atomic mass is 10.1. The van der Waals surface area contributed by atoms with Crippen molar-refractivity contribution in [2.45, 2.75) is 20.4 Å². The Hall–Kier alpha value is -2.16. The van der Waals surface area contributed by atoms with Crippen LogP contribution in [0.4, 0.5) is 5.69 Å². The second kappa shape index (κ2) is 6.14. The fraction of sp³-hybridized carbons (Fsp3) is 0.250. The molecule has 19 heavy (non-hydrogen) atoms. The smallest absolute Gasteiger partial charge is 0.229 e. The number of rotatable bonds is 4. The number of hydrogen-bond acceptors (Lipinski definition) is 2. The minimum atomic E-state index is -0.0307. The highest BCUT2D eigenvalue weighted by Crippen LogP contribution is 2.18. The molecule has 0 saturated carbocycles. The standard InChI is InChI=1S/C16H18N2O/c1-13(2)16(19)18(15-8-10-17-11-9-15)12-14-6-4-3-5-7-14/h3-11,13H,12H2,1-2H3. The van der Waals surface area contributed by atoms with Gasteiger partial charge in [-0.25, -0.2) is 0 Å². The normalized spacial score (nSPS) is 10.5. The highest BCUT2D eigenvalue weighted by molar-refractivity contribution is 5.94. The van der Waals surface area contributed by atoms with E-state index < -0.39 is 0 Å². The van der Waals surface area contributed by atoms with Gasteiger partial charge in [0.05, 0.1) is 6.54 Å². The van der Waals surface area contributed by atoms with Crippen molar-refractivity contribution >= 4 is 11.6 Å². The van der Waals surface area contributed by atoms with E-state index in [2.05, 4.69) is 4.98 Å². The summed E-state index contributed by atoms with van der Waals surface area (Å²) in [6.07, 6.45) is 3.42. The minimum Gasteiger partial charge on any atom is -0.308 e. The Morgan fingerprint density at radius 2 is 1.74 bits per heavy atom. The summed E-state index contributed by atoms with van der Waals surface area (Å²) >= 11 is 0. The van der Waals surface area contributed by atoms with Gasteiger partial charge < -0.3 is 4.90 Å². The average molecular weight is 254 g/mol. The SMILES string of the molecule is CC(C)C(=O)N(Cc1ccccc1)c1ccncc1. The van der Waals surface area contributed by atoms with Crippen LogP contribution < -0.4 is 4.90 Å². The summed E-state index contributed by atoms with van der Waals surface area (Å²) in [5, 5.41) is 0. The molecule has 1 aromatic carbocycles. The highest BCUT2D eigenvalue weighted by Gasteiger charge is 2.18. The second-order valence-electron chi connectivity index (χ2n) is 4.77. The Balaban J connectivity index is 2.28. The Morgan fingerprint density at radius 1 is 1.11 bits per heavy atom. The summed E-state index contributed by atoms with van der Waals surface area (Å²) < 4.78 is 0. The summed E-state index contributed by atoms with van der Waals surface area (Å²) in [4.78, 5) is 18.2. The Morgan fingerprint density at radius 3 is 2.32 bits per heavy atom. The highest BCUT2D eigenvalue weighted by atomic mass is 16.2. The van der Waals surface area contributed by atoms with Crippen molar-refractivity contribution in [2.24, 2.45) is 5.92 Å². The molecule has 3 heteroatoms. The maximum Gasteiger partial charge on any atom is 0.229 e. The molecule has 1 heterocycles. The molecule has 0 bridgehead atoms. The predicted octanol–water partition coefficient (Wildman–Crippen LogP) is 3.27. The van der Waals surface area contributed by atoms with Crippen LogP contribution in [-0.2, 0) is 11.3 Å². The molecular formula is C16H18N2O. The largest absolute Gasteiger partial charge is 0.308 e. The van der Waals surface area contributed by atoms with Gasteiger partial charge in [-0.15, -0.1) is 0 Å². The van der Waals surface area contributed by atoms with E-state index in [4.69, 9.17) is 0 Å². The number of anilines is 1. The minimum absolute atomic E-state index is 0.0307. The monoisotopic (exact) mass is 254 g/mol. The first-order chi connectivity index (χ1) is 9.18. The fourth-order valence-corrected chi connectivity index (χ4v) is 1.90. The van der Waals surface area contributed by atoms with Crippen LogP contribution in [0.3, 0.4) is 0 Å². The summed E-state index contributed by atoms with van der Waals surface area (Å²) in [6.45, 7) is 4.42. The fourth-order valence-electron chi connectivity index (χ4n) is 1.90. The molecule has 0 radical (unpaired) electrons. The van der Waals surface area contributed by atoms with Gasteiger partial charge in [0.25, 0.3) is 0 Å². The van der Waals surface area contributed by atoms with Gasteiger partial charge in [0.1, 0.15) is 0 Å². The zero-order valence-corrected chi connectivity index (χ0v) is 11.3. The first-order valence-electron chi connectivity index (χ1n) is 6.44. The predicted molar refractivity (Wildman–Crippen MR) is 76.7 cm³/mol. The molecule has 0 aliphatic rings. The van der Waals surface area contributed by atoms with Crippen LogP contribution in [0.5, 0.6) is 0 Å².